The van der Waals surface area contributed by atoms with E-state index in [0.717, 1.165) is 13.1 Å². The maximum Gasteiger partial charge on any atom is 0.348 e. The Kier molecular flexibility index (Phi) is 5.08. The molecule has 2 aromatic rings. The number of carbonyl (C=O) groups is 1. The second kappa shape index (κ2) is 7.25. The molecule has 1 saturated heterocycles. The number of rotatable bonds is 5. The molecule has 3 rings (SSSR count). The molecule has 7 nitrogen and oxygen atoms in total. The van der Waals surface area contributed by atoms with Gasteiger partial charge in [-0.2, -0.15) is 0 Å². The Labute approximate surface area is 142 Å². The van der Waals surface area contributed by atoms with Gasteiger partial charge in [0.15, 0.2) is 0 Å². The standard InChI is InChI=1S/C16H19N3O4S/c1-3-6-23-16(21)13-10(2)12-14(20)17-11(18-15(12)24-13)9-19-4-7-22-8-5-19/h3H,1,4-9H2,2H3,(H,17,18,20). The Hall–Kier alpha value is -2.03. The van der Waals surface area contributed by atoms with Crippen LogP contribution < -0.4 is 5.56 Å². The molecular formula is C16H19N3O4S. The van der Waals surface area contributed by atoms with E-state index in [2.05, 4.69) is 21.4 Å². The third-order valence-electron chi connectivity index (χ3n) is 3.84. The lowest BCUT2D eigenvalue weighted by molar-refractivity contribution is 0.0331. The average molecular weight is 349 g/mol. The third-order valence-corrected chi connectivity index (χ3v) is 5.01. The van der Waals surface area contributed by atoms with Crippen molar-refractivity contribution < 1.29 is 14.3 Å². The van der Waals surface area contributed by atoms with Crippen molar-refractivity contribution in [2.75, 3.05) is 32.9 Å². The lowest BCUT2D eigenvalue weighted by Crippen LogP contribution is -2.36. The molecule has 3 heterocycles. The van der Waals surface area contributed by atoms with E-state index in [4.69, 9.17) is 9.47 Å². The molecule has 0 spiro atoms. The van der Waals surface area contributed by atoms with Gasteiger partial charge in [0.25, 0.3) is 5.56 Å². The summed E-state index contributed by atoms with van der Waals surface area (Å²) < 4.78 is 10.4. The maximum absolute atomic E-state index is 12.4. The largest absolute Gasteiger partial charge is 0.457 e. The van der Waals surface area contributed by atoms with Gasteiger partial charge in [-0.05, 0) is 12.5 Å². The molecule has 1 fully saturated rings. The Morgan fingerprint density at radius 1 is 1.50 bits per heavy atom. The molecule has 0 bridgehead atoms. The van der Waals surface area contributed by atoms with Crippen LogP contribution in [0.5, 0.6) is 0 Å². The maximum atomic E-state index is 12.4. The molecule has 128 valence electrons. The van der Waals surface area contributed by atoms with Crippen LogP contribution in [-0.2, 0) is 16.0 Å². The summed E-state index contributed by atoms with van der Waals surface area (Å²) >= 11 is 1.19. The smallest absolute Gasteiger partial charge is 0.348 e. The highest BCUT2D eigenvalue weighted by Crippen LogP contribution is 2.27. The predicted molar refractivity (Wildman–Crippen MR) is 91.6 cm³/mol. The molecule has 2 aromatic heterocycles. The summed E-state index contributed by atoms with van der Waals surface area (Å²) in [7, 11) is 0. The lowest BCUT2D eigenvalue weighted by Gasteiger charge is -2.25. The number of esters is 1. The number of nitrogens with one attached hydrogen (secondary N) is 1. The number of aromatic amines is 1. The zero-order valence-electron chi connectivity index (χ0n) is 13.5. The van der Waals surface area contributed by atoms with Gasteiger partial charge in [0.1, 0.15) is 22.1 Å². The minimum Gasteiger partial charge on any atom is -0.457 e. The SMILES string of the molecule is C=CCOC(=O)c1sc2nc(CN3CCOCC3)[nH]c(=O)c2c1C. The molecule has 1 N–H and O–H groups in total. The highest BCUT2D eigenvalue weighted by atomic mass is 32.1. The normalized spacial score (nSPS) is 15.5. The number of hydrogen-bond acceptors (Lipinski definition) is 7. The summed E-state index contributed by atoms with van der Waals surface area (Å²) in [6.07, 6.45) is 1.51. The van der Waals surface area contributed by atoms with Gasteiger partial charge in [0, 0.05) is 13.1 Å². The quantitative estimate of drug-likeness (QED) is 0.650. The minimum absolute atomic E-state index is 0.137. The summed E-state index contributed by atoms with van der Waals surface area (Å²) in [5.41, 5.74) is 0.385. The van der Waals surface area contributed by atoms with E-state index >= 15 is 0 Å². The number of H-pyrrole nitrogens is 1. The van der Waals surface area contributed by atoms with Gasteiger partial charge in [-0.1, -0.05) is 12.7 Å². The third kappa shape index (κ3) is 3.40. The summed E-state index contributed by atoms with van der Waals surface area (Å²) in [6.45, 7) is 8.94. The fraction of sp³-hybridized carbons (Fsp3) is 0.438. The number of fused-ring (bicyclic) bond motifs is 1. The van der Waals surface area contributed by atoms with Crippen molar-refractivity contribution in [3.63, 3.8) is 0 Å². The Balaban J connectivity index is 1.91. The first kappa shape index (κ1) is 16.8. The molecule has 0 atom stereocenters. The summed E-state index contributed by atoms with van der Waals surface area (Å²) in [4.78, 5) is 35.0. The van der Waals surface area contributed by atoms with Crippen molar-refractivity contribution in [1.29, 1.82) is 0 Å². The van der Waals surface area contributed by atoms with Gasteiger partial charge in [0.2, 0.25) is 0 Å². The van der Waals surface area contributed by atoms with Crippen LogP contribution in [0.15, 0.2) is 17.4 Å². The van der Waals surface area contributed by atoms with Gasteiger partial charge in [-0.3, -0.25) is 9.69 Å². The highest BCUT2D eigenvalue weighted by Gasteiger charge is 2.21. The molecule has 0 radical (unpaired) electrons. The van der Waals surface area contributed by atoms with Crippen molar-refractivity contribution in [2.45, 2.75) is 13.5 Å². The van der Waals surface area contributed by atoms with E-state index in [9.17, 15) is 9.59 Å². The Bertz CT molecular complexity index is 821. The van der Waals surface area contributed by atoms with Crippen LogP contribution in [0.2, 0.25) is 0 Å². The van der Waals surface area contributed by atoms with Crippen LogP contribution in [0.25, 0.3) is 10.2 Å². The number of ether oxygens (including phenoxy) is 2. The molecule has 8 heteroatoms. The molecule has 0 saturated carbocycles. The Morgan fingerprint density at radius 3 is 2.96 bits per heavy atom. The van der Waals surface area contributed by atoms with Crippen molar-refractivity contribution in [3.8, 4) is 0 Å². The Morgan fingerprint density at radius 2 is 2.25 bits per heavy atom. The zero-order chi connectivity index (χ0) is 17.1. The topological polar surface area (TPSA) is 84.5 Å². The van der Waals surface area contributed by atoms with Gasteiger partial charge >= 0.3 is 5.97 Å². The van der Waals surface area contributed by atoms with Crippen LogP contribution in [-0.4, -0.2) is 53.7 Å². The number of aromatic nitrogens is 2. The van der Waals surface area contributed by atoms with Crippen molar-refractivity contribution in [1.82, 2.24) is 14.9 Å². The number of hydrogen-bond donors (Lipinski definition) is 1. The molecule has 24 heavy (non-hydrogen) atoms. The van der Waals surface area contributed by atoms with E-state index in [0.29, 0.717) is 46.2 Å². The lowest BCUT2D eigenvalue weighted by atomic mass is 10.2. The molecule has 0 aromatic carbocycles. The van der Waals surface area contributed by atoms with Crippen LogP contribution in [0.1, 0.15) is 21.1 Å². The highest BCUT2D eigenvalue weighted by molar-refractivity contribution is 7.20. The summed E-state index contributed by atoms with van der Waals surface area (Å²) in [5.74, 6) is 0.145. The molecule has 0 unspecified atom stereocenters. The molecule has 1 aliphatic heterocycles. The van der Waals surface area contributed by atoms with Crippen LogP contribution >= 0.6 is 11.3 Å². The van der Waals surface area contributed by atoms with Crippen LogP contribution in [0.3, 0.4) is 0 Å². The minimum atomic E-state index is -0.454. The predicted octanol–water partition coefficient (Wildman–Crippen LogP) is 1.47. The number of morpholine rings is 1. The van der Waals surface area contributed by atoms with Crippen molar-refractivity contribution in [3.05, 3.63) is 39.3 Å². The first-order valence-corrected chi connectivity index (χ1v) is 8.52. The molecule has 0 aliphatic carbocycles. The van der Waals surface area contributed by atoms with Crippen molar-refractivity contribution in [2.24, 2.45) is 0 Å². The van der Waals surface area contributed by atoms with Gasteiger partial charge in [-0.15, -0.1) is 11.3 Å². The fourth-order valence-electron chi connectivity index (χ4n) is 2.63. The fourth-order valence-corrected chi connectivity index (χ4v) is 3.72. The monoisotopic (exact) mass is 349 g/mol. The number of carbonyl (C=O) groups excluding carboxylic acids is 1. The van der Waals surface area contributed by atoms with Crippen LogP contribution in [0, 0.1) is 6.92 Å². The first-order chi connectivity index (χ1) is 11.6. The molecule has 0 amide bonds. The molecular weight excluding hydrogens is 330 g/mol. The number of thiophene rings is 1. The number of aryl methyl sites for hydroxylation is 1. The second-order valence-electron chi connectivity index (χ2n) is 5.52. The van der Waals surface area contributed by atoms with Crippen molar-refractivity contribution >= 4 is 27.5 Å². The van der Waals surface area contributed by atoms with Gasteiger partial charge < -0.3 is 14.5 Å². The van der Waals surface area contributed by atoms with E-state index in [1.165, 1.54) is 17.4 Å². The van der Waals surface area contributed by atoms with E-state index in [1.54, 1.807) is 6.92 Å². The number of nitrogens with zero attached hydrogens (tertiary/aromatic N) is 2. The van der Waals surface area contributed by atoms with E-state index in [1.807, 2.05) is 0 Å². The van der Waals surface area contributed by atoms with Gasteiger partial charge in [-0.25, -0.2) is 9.78 Å². The summed E-state index contributed by atoms with van der Waals surface area (Å²) in [6, 6.07) is 0. The second-order valence-corrected chi connectivity index (χ2v) is 6.52. The average Bonchev–Trinajstić information content (AvgIpc) is 2.91. The van der Waals surface area contributed by atoms with E-state index in [-0.39, 0.29) is 12.2 Å². The zero-order valence-corrected chi connectivity index (χ0v) is 14.3. The summed E-state index contributed by atoms with van der Waals surface area (Å²) in [5, 5.41) is 0.455. The van der Waals surface area contributed by atoms with Crippen LogP contribution in [0.4, 0.5) is 0 Å². The van der Waals surface area contributed by atoms with E-state index < -0.39 is 5.97 Å². The first-order valence-electron chi connectivity index (χ1n) is 7.70. The molecule has 1 aliphatic rings. The van der Waals surface area contributed by atoms with Gasteiger partial charge in [0.05, 0.1) is 25.1 Å².